The third kappa shape index (κ3) is 1.99. The predicted molar refractivity (Wildman–Crippen MR) is 35.6 cm³/mol. The SMILES string of the molecule is CCC(=O)OCC1CCO1. The lowest BCUT2D eigenvalue weighted by Crippen LogP contribution is -2.32. The van der Waals surface area contributed by atoms with Crippen molar-refractivity contribution >= 4 is 5.97 Å². The molecule has 58 valence electrons. The van der Waals surface area contributed by atoms with Gasteiger partial charge in [0, 0.05) is 19.4 Å². The normalized spacial score (nSPS) is 23.5. The first-order valence-electron chi connectivity index (χ1n) is 3.60. The Balaban J connectivity index is 1.98. The monoisotopic (exact) mass is 144 g/mol. The number of ether oxygens (including phenoxy) is 2. The minimum atomic E-state index is -0.143. The number of carbonyl (C=O) groups is 1. The van der Waals surface area contributed by atoms with Crippen LogP contribution in [0.2, 0.25) is 0 Å². The van der Waals surface area contributed by atoms with Crippen molar-refractivity contribution in [1.29, 1.82) is 0 Å². The maximum absolute atomic E-state index is 10.6. The molecule has 1 fully saturated rings. The molecule has 0 aromatic rings. The lowest BCUT2D eigenvalue weighted by molar-refractivity contribution is -0.154. The number of rotatable bonds is 3. The van der Waals surface area contributed by atoms with Crippen LogP contribution in [0.4, 0.5) is 0 Å². The molecule has 0 N–H and O–H groups in total. The van der Waals surface area contributed by atoms with Gasteiger partial charge in [0.1, 0.15) is 6.61 Å². The van der Waals surface area contributed by atoms with E-state index in [1.54, 1.807) is 6.92 Å². The van der Waals surface area contributed by atoms with Crippen molar-refractivity contribution in [1.82, 2.24) is 0 Å². The van der Waals surface area contributed by atoms with Crippen LogP contribution in [0.3, 0.4) is 0 Å². The molecule has 1 aliphatic heterocycles. The molecule has 0 bridgehead atoms. The quantitative estimate of drug-likeness (QED) is 0.548. The lowest BCUT2D eigenvalue weighted by Gasteiger charge is -2.25. The summed E-state index contributed by atoms with van der Waals surface area (Å²) in [6.45, 7) is 3.03. The van der Waals surface area contributed by atoms with Gasteiger partial charge >= 0.3 is 5.97 Å². The molecule has 0 aliphatic carbocycles. The van der Waals surface area contributed by atoms with Crippen LogP contribution in [-0.4, -0.2) is 25.3 Å². The summed E-state index contributed by atoms with van der Waals surface area (Å²) in [4.78, 5) is 10.6. The largest absolute Gasteiger partial charge is 0.463 e. The van der Waals surface area contributed by atoms with Gasteiger partial charge in [-0.2, -0.15) is 0 Å². The maximum atomic E-state index is 10.6. The Hall–Kier alpha value is -0.570. The van der Waals surface area contributed by atoms with E-state index in [1.807, 2.05) is 0 Å². The molecule has 1 aliphatic rings. The Morgan fingerprint density at radius 3 is 2.90 bits per heavy atom. The van der Waals surface area contributed by atoms with Gasteiger partial charge in [-0.05, 0) is 0 Å². The molecule has 1 heterocycles. The van der Waals surface area contributed by atoms with Crippen molar-refractivity contribution in [3.8, 4) is 0 Å². The van der Waals surface area contributed by atoms with Crippen LogP contribution in [0, 0.1) is 0 Å². The average Bonchev–Trinajstić information content (AvgIpc) is 1.84. The van der Waals surface area contributed by atoms with Crippen molar-refractivity contribution in [3.05, 3.63) is 0 Å². The van der Waals surface area contributed by atoms with E-state index < -0.39 is 0 Å². The van der Waals surface area contributed by atoms with Crippen LogP contribution < -0.4 is 0 Å². The Morgan fingerprint density at radius 2 is 2.50 bits per heavy atom. The predicted octanol–water partition coefficient (Wildman–Crippen LogP) is 0.729. The first kappa shape index (κ1) is 7.54. The fourth-order valence-corrected chi connectivity index (χ4v) is 0.704. The maximum Gasteiger partial charge on any atom is 0.305 e. The summed E-state index contributed by atoms with van der Waals surface area (Å²) in [5.74, 6) is -0.143. The molecule has 1 unspecified atom stereocenters. The van der Waals surface area contributed by atoms with Crippen molar-refractivity contribution < 1.29 is 14.3 Å². The van der Waals surface area contributed by atoms with E-state index in [-0.39, 0.29) is 12.1 Å². The number of hydrogen-bond donors (Lipinski definition) is 0. The van der Waals surface area contributed by atoms with E-state index in [4.69, 9.17) is 9.47 Å². The van der Waals surface area contributed by atoms with Crippen LogP contribution in [0.5, 0.6) is 0 Å². The number of carbonyl (C=O) groups excluding carboxylic acids is 1. The minimum absolute atomic E-state index is 0.143. The topological polar surface area (TPSA) is 35.5 Å². The van der Waals surface area contributed by atoms with Crippen LogP contribution in [0.25, 0.3) is 0 Å². The van der Waals surface area contributed by atoms with Crippen molar-refractivity contribution in [2.75, 3.05) is 13.2 Å². The van der Waals surface area contributed by atoms with Crippen LogP contribution >= 0.6 is 0 Å². The number of hydrogen-bond acceptors (Lipinski definition) is 3. The molecule has 3 nitrogen and oxygen atoms in total. The Labute approximate surface area is 60.3 Å². The Morgan fingerprint density at radius 1 is 1.80 bits per heavy atom. The molecule has 0 amide bonds. The first-order valence-corrected chi connectivity index (χ1v) is 3.60. The van der Waals surface area contributed by atoms with Gasteiger partial charge in [0.25, 0.3) is 0 Å². The van der Waals surface area contributed by atoms with Gasteiger partial charge < -0.3 is 9.47 Å². The van der Waals surface area contributed by atoms with Crippen molar-refractivity contribution in [3.63, 3.8) is 0 Å². The highest BCUT2D eigenvalue weighted by atomic mass is 16.6. The zero-order chi connectivity index (χ0) is 7.40. The van der Waals surface area contributed by atoms with Crippen LogP contribution in [0.1, 0.15) is 19.8 Å². The van der Waals surface area contributed by atoms with E-state index in [2.05, 4.69) is 0 Å². The molecule has 0 aromatic heterocycles. The second kappa shape index (κ2) is 3.56. The van der Waals surface area contributed by atoms with Gasteiger partial charge in [-0.15, -0.1) is 0 Å². The van der Waals surface area contributed by atoms with Crippen LogP contribution in [0.15, 0.2) is 0 Å². The van der Waals surface area contributed by atoms with E-state index in [9.17, 15) is 4.79 Å². The summed E-state index contributed by atoms with van der Waals surface area (Å²) in [5, 5.41) is 0. The molecular formula is C7H12O3. The van der Waals surface area contributed by atoms with Crippen molar-refractivity contribution in [2.24, 2.45) is 0 Å². The van der Waals surface area contributed by atoms with Crippen molar-refractivity contribution in [2.45, 2.75) is 25.9 Å². The molecule has 0 spiro atoms. The zero-order valence-corrected chi connectivity index (χ0v) is 6.13. The summed E-state index contributed by atoms with van der Waals surface area (Å²) in [6.07, 6.45) is 1.65. The molecule has 1 saturated heterocycles. The first-order chi connectivity index (χ1) is 4.83. The summed E-state index contributed by atoms with van der Waals surface area (Å²) in [6, 6.07) is 0. The van der Waals surface area contributed by atoms with Gasteiger partial charge in [0.05, 0.1) is 6.10 Å². The summed E-state index contributed by atoms with van der Waals surface area (Å²) >= 11 is 0. The van der Waals surface area contributed by atoms with Gasteiger partial charge in [-0.3, -0.25) is 4.79 Å². The molecule has 0 saturated carbocycles. The standard InChI is InChI=1S/C7H12O3/c1-2-7(8)10-5-6-3-4-9-6/h6H,2-5H2,1H3. The van der Waals surface area contributed by atoms with E-state index in [0.29, 0.717) is 13.0 Å². The summed E-state index contributed by atoms with van der Waals surface area (Å²) < 4.78 is 9.88. The highest BCUT2D eigenvalue weighted by Crippen LogP contribution is 2.10. The van der Waals surface area contributed by atoms with Gasteiger partial charge in [-0.1, -0.05) is 6.92 Å². The smallest absolute Gasteiger partial charge is 0.305 e. The minimum Gasteiger partial charge on any atom is -0.463 e. The fourth-order valence-electron chi connectivity index (χ4n) is 0.704. The summed E-state index contributed by atoms with van der Waals surface area (Å²) in [5.41, 5.74) is 0. The molecule has 1 atom stereocenters. The summed E-state index contributed by atoms with van der Waals surface area (Å²) in [7, 11) is 0. The van der Waals surface area contributed by atoms with E-state index in [0.717, 1.165) is 13.0 Å². The average molecular weight is 144 g/mol. The number of esters is 1. The van der Waals surface area contributed by atoms with Gasteiger partial charge in [-0.25, -0.2) is 0 Å². The molecule has 0 aromatic carbocycles. The zero-order valence-electron chi connectivity index (χ0n) is 6.13. The third-order valence-electron chi connectivity index (χ3n) is 1.51. The van der Waals surface area contributed by atoms with Gasteiger partial charge in [0.2, 0.25) is 0 Å². The highest BCUT2D eigenvalue weighted by Gasteiger charge is 2.19. The Kier molecular flexibility index (Phi) is 2.68. The fraction of sp³-hybridized carbons (Fsp3) is 0.857. The van der Waals surface area contributed by atoms with Gasteiger partial charge in [0.15, 0.2) is 0 Å². The second-order valence-electron chi connectivity index (χ2n) is 2.32. The highest BCUT2D eigenvalue weighted by molar-refractivity contribution is 5.68. The van der Waals surface area contributed by atoms with Crippen LogP contribution in [-0.2, 0) is 14.3 Å². The molecular weight excluding hydrogens is 132 g/mol. The molecule has 0 radical (unpaired) electrons. The van der Waals surface area contributed by atoms with E-state index in [1.165, 1.54) is 0 Å². The Bertz CT molecular complexity index is 118. The molecule has 1 rings (SSSR count). The third-order valence-corrected chi connectivity index (χ3v) is 1.51. The second-order valence-corrected chi connectivity index (χ2v) is 2.32. The van der Waals surface area contributed by atoms with E-state index >= 15 is 0 Å². The lowest BCUT2D eigenvalue weighted by atomic mass is 10.2. The molecule has 3 heteroatoms. The molecule has 10 heavy (non-hydrogen) atoms.